The van der Waals surface area contributed by atoms with Crippen LogP contribution in [0.4, 0.5) is 0 Å². The number of aliphatic hydroxyl groups is 1. The average molecular weight is 238 g/mol. The first-order chi connectivity index (χ1) is 8.15. The molecular weight excluding hydrogens is 220 g/mol. The molecule has 0 aliphatic heterocycles. The highest BCUT2D eigenvalue weighted by Crippen LogP contribution is 2.38. The van der Waals surface area contributed by atoms with Crippen LogP contribution in [0.3, 0.4) is 0 Å². The van der Waals surface area contributed by atoms with Gasteiger partial charge in [-0.2, -0.15) is 0 Å². The molecule has 17 heavy (non-hydrogen) atoms. The van der Waals surface area contributed by atoms with E-state index in [1.54, 1.807) is 4.68 Å². The van der Waals surface area contributed by atoms with Crippen molar-refractivity contribution in [2.45, 2.75) is 44.6 Å². The second kappa shape index (κ2) is 4.83. The number of amides is 1. The molecule has 1 aliphatic carbocycles. The number of nitrogens with two attached hydrogens (primary N) is 1. The van der Waals surface area contributed by atoms with Gasteiger partial charge in [-0.15, -0.1) is 5.10 Å². The van der Waals surface area contributed by atoms with Crippen LogP contribution in [-0.2, 0) is 0 Å². The zero-order valence-electron chi connectivity index (χ0n) is 9.96. The van der Waals surface area contributed by atoms with Gasteiger partial charge in [-0.25, -0.2) is 4.68 Å². The predicted molar refractivity (Wildman–Crippen MR) is 61.5 cm³/mol. The van der Waals surface area contributed by atoms with Gasteiger partial charge in [-0.05, 0) is 26.2 Å². The van der Waals surface area contributed by atoms with E-state index in [4.69, 9.17) is 10.8 Å². The Morgan fingerprint density at radius 2 is 2.35 bits per heavy atom. The molecule has 1 aromatic heterocycles. The number of hydrogen-bond donors (Lipinski definition) is 2. The summed E-state index contributed by atoms with van der Waals surface area (Å²) in [6.07, 6.45) is 3.88. The average Bonchev–Trinajstić information content (AvgIpc) is 2.60. The quantitative estimate of drug-likeness (QED) is 0.784. The van der Waals surface area contributed by atoms with Gasteiger partial charge in [0.05, 0.1) is 11.7 Å². The third-order valence-corrected chi connectivity index (χ3v) is 3.42. The van der Waals surface area contributed by atoms with Crippen LogP contribution in [-0.4, -0.2) is 32.6 Å². The molecule has 1 unspecified atom stereocenters. The third kappa shape index (κ3) is 2.17. The highest BCUT2D eigenvalue weighted by molar-refractivity contribution is 5.92. The summed E-state index contributed by atoms with van der Waals surface area (Å²) < 4.78 is 1.75. The Hall–Kier alpha value is -1.43. The molecule has 0 aromatic carbocycles. The number of carbonyl (C=O) groups excluding carboxylic acids is 1. The zero-order chi connectivity index (χ0) is 12.4. The molecular formula is C11H18N4O2. The molecule has 1 aliphatic rings. The second-order valence-corrected chi connectivity index (χ2v) is 4.62. The lowest BCUT2D eigenvalue weighted by molar-refractivity contribution is 0.0993. The van der Waals surface area contributed by atoms with Crippen molar-refractivity contribution >= 4 is 5.91 Å². The number of nitrogens with zero attached hydrogens (tertiary/aromatic N) is 3. The van der Waals surface area contributed by atoms with Crippen molar-refractivity contribution < 1.29 is 9.90 Å². The van der Waals surface area contributed by atoms with Crippen LogP contribution in [0.1, 0.15) is 60.7 Å². The fourth-order valence-electron chi connectivity index (χ4n) is 2.17. The normalized spacial score (nSPS) is 17.8. The minimum atomic E-state index is -0.519. The van der Waals surface area contributed by atoms with Crippen LogP contribution in [0.2, 0.25) is 0 Å². The van der Waals surface area contributed by atoms with Gasteiger partial charge >= 0.3 is 0 Å². The van der Waals surface area contributed by atoms with E-state index in [0.717, 1.165) is 18.5 Å². The highest BCUT2D eigenvalue weighted by Gasteiger charge is 2.30. The fraction of sp³-hybridized carbons (Fsp3) is 0.727. The maximum atomic E-state index is 11.3. The summed E-state index contributed by atoms with van der Waals surface area (Å²) in [4.78, 5) is 11.3. The van der Waals surface area contributed by atoms with Crippen molar-refractivity contribution in [2.24, 2.45) is 5.73 Å². The third-order valence-electron chi connectivity index (χ3n) is 3.42. The van der Waals surface area contributed by atoms with Crippen molar-refractivity contribution in [3.63, 3.8) is 0 Å². The smallest absolute Gasteiger partial charge is 0.271 e. The minimum Gasteiger partial charge on any atom is -0.396 e. The summed E-state index contributed by atoms with van der Waals surface area (Å²) in [7, 11) is 0. The summed E-state index contributed by atoms with van der Waals surface area (Å²) in [5, 5.41) is 16.9. The number of hydrogen-bond acceptors (Lipinski definition) is 4. The molecule has 0 bridgehead atoms. The van der Waals surface area contributed by atoms with Crippen LogP contribution in [0.15, 0.2) is 0 Å². The minimum absolute atomic E-state index is 0.0381. The Labute approximate surface area is 99.8 Å². The Kier molecular flexibility index (Phi) is 3.42. The Balaban J connectivity index is 2.34. The van der Waals surface area contributed by atoms with E-state index < -0.39 is 5.91 Å². The van der Waals surface area contributed by atoms with Gasteiger partial charge < -0.3 is 10.8 Å². The topological polar surface area (TPSA) is 94.0 Å². The first-order valence-corrected chi connectivity index (χ1v) is 6.01. The zero-order valence-corrected chi connectivity index (χ0v) is 9.96. The Morgan fingerprint density at radius 3 is 2.82 bits per heavy atom. The van der Waals surface area contributed by atoms with Gasteiger partial charge in [-0.3, -0.25) is 4.79 Å². The molecule has 6 heteroatoms. The molecule has 3 N–H and O–H groups in total. The molecule has 1 aromatic rings. The summed E-state index contributed by atoms with van der Waals surface area (Å²) in [6, 6.07) is 0.0381. The fourth-order valence-corrected chi connectivity index (χ4v) is 2.17. The molecule has 1 fully saturated rings. The van der Waals surface area contributed by atoms with E-state index in [1.807, 2.05) is 6.92 Å². The molecule has 2 rings (SSSR count). The van der Waals surface area contributed by atoms with Gasteiger partial charge in [0.25, 0.3) is 5.91 Å². The maximum Gasteiger partial charge on any atom is 0.271 e. The molecule has 0 saturated heterocycles. The SMILES string of the molecule is CC(CCO)n1nnc(C(N)=O)c1C1CCC1. The first kappa shape index (κ1) is 12.0. The predicted octanol–water partition coefficient (Wildman–Crippen LogP) is 0.588. The standard InChI is InChI=1S/C11H18N4O2/c1-7(5-6-16)15-10(8-3-2-4-8)9(11(12)17)13-14-15/h7-8,16H,2-6H2,1H3,(H2,12,17). The molecule has 1 amide bonds. The molecule has 1 saturated carbocycles. The van der Waals surface area contributed by atoms with Gasteiger partial charge in [-0.1, -0.05) is 11.6 Å². The van der Waals surface area contributed by atoms with E-state index >= 15 is 0 Å². The van der Waals surface area contributed by atoms with Crippen LogP contribution in [0, 0.1) is 0 Å². The van der Waals surface area contributed by atoms with E-state index in [2.05, 4.69) is 10.3 Å². The lowest BCUT2D eigenvalue weighted by Gasteiger charge is -2.27. The van der Waals surface area contributed by atoms with Gasteiger partial charge in [0.1, 0.15) is 0 Å². The van der Waals surface area contributed by atoms with Crippen molar-refractivity contribution in [1.29, 1.82) is 0 Å². The van der Waals surface area contributed by atoms with Crippen molar-refractivity contribution in [1.82, 2.24) is 15.0 Å². The van der Waals surface area contributed by atoms with Gasteiger partial charge in [0.2, 0.25) is 0 Å². The lowest BCUT2D eigenvalue weighted by atomic mass is 9.81. The number of rotatable bonds is 5. The molecule has 6 nitrogen and oxygen atoms in total. The van der Waals surface area contributed by atoms with E-state index in [0.29, 0.717) is 18.0 Å². The monoisotopic (exact) mass is 238 g/mol. The van der Waals surface area contributed by atoms with E-state index in [1.165, 1.54) is 6.42 Å². The van der Waals surface area contributed by atoms with Gasteiger partial charge in [0.15, 0.2) is 5.69 Å². The summed E-state index contributed by atoms with van der Waals surface area (Å²) in [5.74, 6) is -0.178. The summed E-state index contributed by atoms with van der Waals surface area (Å²) in [5.41, 5.74) is 6.46. The Bertz CT molecular complexity index is 412. The van der Waals surface area contributed by atoms with Crippen molar-refractivity contribution in [2.75, 3.05) is 6.61 Å². The first-order valence-electron chi connectivity index (χ1n) is 6.01. The maximum absolute atomic E-state index is 11.3. The largest absolute Gasteiger partial charge is 0.396 e. The Morgan fingerprint density at radius 1 is 1.65 bits per heavy atom. The van der Waals surface area contributed by atoms with E-state index in [-0.39, 0.29) is 12.6 Å². The van der Waals surface area contributed by atoms with Crippen LogP contribution >= 0.6 is 0 Å². The molecule has 94 valence electrons. The lowest BCUT2D eigenvalue weighted by Crippen LogP contribution is -2.22. The number of carbonyl (C=O) groups is 1. The summed E-state index contributed by atoms with van der Waals surface area (Å²) >= 11 is 0. The van der Waals surface area contributed by atoms with Crippen molar-refractivity contribution in [3.8, 4) is 0 Å². The molecule has 0 radical (unpaired) electrons. The van der Waals surface area contributed by atoms with Crippen LogP contribution < -0.4 is 5.73 Å². The summed E-state index contributed by atoms with van der Waals surface area (Å²) in [6.45, 7) is 2.05. The van der Waals surface area contributed by atoms with Crippen LogP contribution in [0.5, 0.6) is 0 Å². The number of aromatic nitrogens is 3. The van der Waals surface area contributed by atoms with E-state index in [9.17, 15) is 4.79 Å². The second-order valence-electron chi connectivity index (χ2n) is 4.62. The number of aliphatic hydroxyl groups excluding tert-OH is 1. The highest BCUT2D eigenvalue weighted by atomic mass is 16.3. The molecule has 1 atom stereocenters. The molecule has 1 heterocycles. The van der Waals surface area contributed by atoms with Gasteiger partial charge in [0, 0.05) is 12.5 Å². The van der Waals surface area contributed by atoms with Crippen molar-refractivity contribution in [3.05, 3.63) is 11.4 Å². The number of primary amides is 1. The molecule has 0 spiro atoms. The van der Waals surface area contributed by atoms with Crippen LogP contribution in [0.25, 0.3) is 0 Å².